The Kier molecular flexibility index (Phi) is 18.6. The Morgan fingerprint density at radius 3 is 1.43 bits per heavy atom. The van der Waals surface area contributed by atoms with Crippen molar-refractivity contribution in [2.24, 2.45) is 0 Å². The van der Waals surface area contributed by atoms with Crippen molar-refractivity contribution in [1.82, 2.24) is 0 Å². The summed E-state index contributed by atoms with van der Waals surface area (Å²) in [5, 5.41) is 0. The first-order chi connectivity index (χ1) is 20.6. The average Bonchev–Trinajstić information content (AvgIpc) is 3.29. The van der Waals surface area contributed by atoms with Crippen molar-refractivity contribution >= 4 is 11.4 Å². The van der Waals surface area contributed by atoms with Gasteiger partial charge in [0.15, 0.2) is 0 Å². The van der Waals surface area contributed by atoms with E-state index in [1.54, 1.807) is 4.70 Å². The molecule has 0 bridgehead atoms. The fraction of sp³-hybridized carbons (Fsp3) is 0.568. The number of hydrogen-bond donors (Lipinski definition) is 0. The average molecular weight is 620 g/mol. The number of hydrogen-bond acceptors (Lipinski definition) is 2. The summed E-state index contributed by atoms with van der Waals surface area (Å²) < 4.78 is 11.1. The zero-order valence-corrected chi connectivity index (χ0v) is 28.2. The van der Waals surface area contributed by atoms with E-state index in [0.717, 1.165) is 82.5 Å². The van der Waals surface area contributed by atoms with E-state index in [4.69, 9.17) is 7.76 Å². The first-order valence-corrected chi connectivity index (χ1v) is 17.3. The third kappa shape index (κ3) is 11.5. The number of nitrogens with zero attached hydrogens (tertiary/aromatic N) is 2. The third-order valence-electron chi connectivity index (χ3n) is 7.47. The van der Waals surface area contributed by atoms with Crippen LogP contribution in [0.2, 0.25) is 0 Å². The van der Waals surface area contributed by atoms with Crippen LogP contribution in [0.1, 0.15) is 134 Å². The van der Waals surface area contributed by atoms with Gasteiger partial charge in [-0.25, -0.2) is 4.70 Å². The van der Waals surface area contributed by atoms with E-state index in [9.17, 15) is 5.53 Å². The zero-order valence-electron chi connectivity index (χ0n) is 27.3. The van der Waals surface area contributed by atoms with E-state index in [1.165, 1.54) is 60.8 Å². The van der Waals surface area contributed by atoms with Crippen molar-refractivity contribution in [3.63, 3.8) is 0 Å². The molecule has 1 heterocycles. The summed E-state index contributed by atoms with van der Waals surface area (Å²) in [6, 6.07) is 17.8. The Morgan fingerprint density at radius 2 is 1.00 bits per heavy atom. The normalized spacial score (nSPS) is 13.2. The molecule has 0 saturated carbocycles. The molecule has 2 aromatic rings. The van der Waals surface area contributed by atoms with E-state index in [0.29, 0.717) is 13.2 Å². The van der Waals surface area contributed by atoms with Crippen molar-refractivity contribution in [2.75, 3.05) is 13.2 Å². The maximum absolute atomic E-state index is 11.8. The Hall–Kier alpha value is -2.07. The molecule has 0 aliphatic carbocycles. The molecule has 0 aromatic heterocycles. The second-order valence-electron chi connectivity index (χ2n) is 10.9. The van der Waals surface area contributed by atoms with Crippen LogP contribution in [0.25, 0.3) is 16.9 Å². The van der Waals surface area contributed by atoms with Gasteiger partial charge < -0.3 is 5.53 Å². The van der Waals surface area contributed by atoms with Crippen LogP contribution in [0.3, 0.4) is 0 Å². The summed E-state index contributed by atoms with van der Waals surface area (Å²) >= 11 is 0.899. The molecular weight excluding hydrogens is 563 g/mol. The summed E-state index contributed by atoms with van der Waals surface area (Å²) in [6.07, 6.45) is 14.9. The topological polar surface area (TPSA) is 43.8 Å². The van der Waals surface area contributed by atoms with Crippen molar-refractivity contribution < 1.29 is 27.5 Å². The SMILES string of the molecule is CCCCCC1=C(c2cccc(CCCC)c2)[N+](=[N-])C(c2cccc(CCCC)c2)=C1CCCC.CC[O][Ni][O]CC. The molecule has 1 aliphatic rings. The fourth-order valence-corrected chi connectivity index (χ4v) is 5.62. The van der Waals surface area contributed by atoms with Crippen LogP contribution >= 0.6 is 0 Å². The number of allylic oxidation sites excluding steroid dienone is 2. The second kappa shape index (κ2) is 21.6. The van der Waals surface area contributed by atoms with Crippen LogP contribution in [0.4, 0.5) is 0 Å². The molecule has 5 heteroatoms. The molecule has 42 heavy (non-hydrogen) atoms. The van der Waals surface area contributed by atoms with Crippen LogP contribution in [0.15, 0.2) is 59.7 Å². The van der Waals surface area contributed by atoms with E-state index in [-0.39, 0.29) is 0 Å². The van der Waals surface area contributed by atoms with Gasteiger partial charge in [0.05, 0.1) is 0 Å². The van der Waals surface area contributed by atoms with Gasteiger partial charge in [-0.3, -0.25) is 0 Å². The Morgan fingerprint density at radius 1 is 0.571 bits per heavy atom. The fourth-order valence-electron chi connectivity index (χ4n) is 5.30. The molecule has 0 radical (unpaired) electrons. The quantitative estimate of drug-likeness (QED) is 0.0892. The molecule has 3 rings (SSSR count). The van der Waals surface area contributed by atoms with E-state index >= 15 is 0 Å². The van der Waals surface area contributed by atoms with Crippen LogP contribution < -0.4 is 0 Å². The number of aryl methyl sites for hydroxylation is 2. The summed E-state index contributed by atoms with van der Waals surface area (Å²) in [4.78, 5) is 0. The Labute approximate surface area is 263 Å². The van der Waals surface area contributed by atoms with Crippen LogP contribution in [0, 0.1) is 0 Å². The molecule has 0 amide bonds. The summed E-state index contributed by atoms with van der Waals surface area (Å²) in [5.41, 5.74) is 21.6. The van der Waals surface area contributed by atoms with Gasteiger partial charge in [-0.05, 0) is 86.8 Å². The van der Waals surface area contributed by atoms with Gasteiger partial charge in [-0.2, -0.15) is 0 Å². The van der Waals surface area contributed by atoms with Crippen molar-refractivity contribution in [2.45, 2.75) is 125 Å². The third-order valence-corrected chi connectivity index (χ3v) is 8.27. The van der Waals surface area contributed by atoms with Crippen LogP contribution in [-0.4, -0.2) is 17.9 Å². The molecule has 0 atom stereocenters. The number of unbranched alkanes of at least 4 members (excludes halogenated alkanes) is 5. The molecule has 2 aromatic carbocycles. The number of rotatable bonds is 19. The number of benzene rings is 2. The Bertz CT molecular complexity index is 1130. The second-order valence-corrected chi connectivity index (χ2v) is 11.7. The van der Waals surface area contributed by atoms with Crippen molar-refractivity contribution in [1.29, 1.82) is 0 Å². The molecule has 0 spiro atoms. The van der Waals surface area contributed by atoms with Crippen LogP contribution in [0.5, 0.6) is 0 Å². The van der Waals surface area contributed by atoms with Gasteiger partial charge >= 0.3 is 49.9 Å². The minimum absolute atomic E-state index is 0.708. The monoisotopic (exact) mass is 618 g/mol. The van der Waals surface area contributed by atoms with Crippen molar-refractivity contribution in [3.05, 3.63) is 87.5 Å². The molecule has 0 N–H and O–H groups in total. The van der Waals surface area contributed by atoms with Crippen LogP contribution in [-0.2, 0) is 35.7 Å². The molecule has 4 nitrogen and oxygen atoms in total. The molecule has 0 unspecified atom stereocenters. The molecule has 0 saturated heterocycles. The predicted molar refractivity (Wildman–Crippen MR) is 174 cm³/mol. The van der Waals surface area contributed by atoms with E-state index in [2.05, 4.69) is 76.2 Å². The molecule has 0 fully saturated rings. The van der Waals surface area contributed by atoms with Gasteiger partial charge in [0.2, 0.25) is 11.4 Å². The van der Waals surface area contributed by atoms with E-state index in [1.807, 2.05) is 13.8 Å². The zero-order chi connectivity index (χ0) is 30.6. The van der Waals surface area contributed by atoms with Gasteiger partial charge in [-0.15, -0.1) is 0 Å². The molecule has 1 aliphatic heterocycles. The summed E-state index contributed by atoms with van der Waals surface area (Å²) in [6.45, 7) is 14.3. The van der Waals surface area contributed by atoms with E-state index < -0.39 is 0 Å². The maximum atomic E-state index is 11.8. The summed E-state index contributed by atoms with van der Waals surface area (Å²) in [7, 11) is 0. The van der Waals surface area contributed by atoms with Gasteiger partial charge in [0.1, 0.15) is 0 Å². The molecular formula is C37H56N2NiO2. The van der Waals surface area contributed by atoms with Gasteiger partial charge in [0, 0.05) is 22.3 Å². The first kappa shape index (κ1) is 36.1. The van der Waals surface area contributed by atoms with Gasteiger partial charge in [0.25, 0.3) is 0 Å². The standard InChI is InChI=1S/C33H46N2.2C2H5O.Ni/c1-5-9-13-23-31-30(22-12-8-4)32(28-20-14-18-26(24-28)16-10-6-2)35(34)33(31)29-21-15-19-27(25-29)17-11-7-3;2*1-2-3;/h14-15,18-21,24-25H,5-13,16-17,22-23H2,1-4H3;2*2H2,1H3;/q;2*-1;+2. The molecule has 236 valence electrons. The minimum atomic E-state index is 0.708. The summed E-state index contributed by atoms with van der Waals surface area (Å²) in [5.74, 6) is 0. The van der Waals surface area contributed by atoms with Crippen molar-refractivity contribution in [3.8, 4) is 0 Å². The Balaban J connectivity index is 0.000000782. The first-order valence-electron chi connectivity index (χ1n) is 16.5. The predicted octanol–water partition coefficient (Wildman–Crippen LogP) is 11.3. The van der Waals surface area contributed by atoms with Gasteiger partial charge in [-0.1, -0.05) is 84.1 Å².